The molecular formula is C44H40GeIrN2S-2. The molecule has 0 bridgehead atoms. The van der Waals surface area contributed by atoms with E-state index in [9.17, 15) is 0 Å². The molecule has 2 nitrogen and oxygen atoms in total. The van der Waals surface area contributed by atoms with E-state index >= 15 is 0 Å². The van der Waals surface area contributed by atoms with Crippen molar-refractivity contribution in [3.63, 3.8) is 0 Å². The molecule has 3 heterocycles. The standard InChI is InChI=1S/C29H22NS.C15H18GeN.Ir/c1-17(2)19-10-11-30-26(15-19)24-14-21-6-4-5-7-23(21)28-25-13-20-9-8-18(3)12-22(20)16-27(25)31-29(24)28;1-12-10-15(13-8-6-5-7-9-13)17-11-14(12)16(2,3)4;/h4-13,15-17H,1-3H3;5-8,10-11H,1-4H3;/q2*-1;/i17D;;. The maximum Gasteiger partial charge on any atom is 0.0346 e. The number of hydrogen-bond donors (Lipinski definition) is 0. The normalized spacial score (nSPS) is 12.1. The molecule has 0 aliphatic heterocycles. The molecule has 5 heteroatoms. The fourth-order valence-corrected chi connectivity index (χ4v) is 11.3. The average Bonchev–Trinajstić information content (AvgIpc) is 3.45. The molecule has 0 aliphatic rings. The Morgan fingerprint density at radius 2 is 1.59 bits per heavy atom. The predicted molar refractivity (Wildman–Crippen MR) is 211 cm³/mol. The van der Waals surface area contributed by atoms with Gasteiger partial charge in [-0.25, -0.2) is 0 Å². The fourth-order valence-electron chi connectivity index (χ4n) is 6.50. The SMILES string of the molecule is Cc1cc(-c2[c-]cccc2)nc[c]1[Ge]([CH3])([CH3])[CH3].[2H]C(C)(C)c1ccnc(-c2[c-]c3ccccc3c3c2sc2cc4cc(C)ccc4cc23)c1.[Ir]. The first-order valence-corrected chi connectivity index (χ1v) is 24.6. The molecule has 1 radical (unpaired) electrons. The van der Waals surface area contributed by atoms with Gasteiger partial charge >= 0.3 is 106 Å². The summed E-state index contributed by atoms with van der Waals surface area (Å²) in [6.45, 7) is 8.17. The van der Waals surface area contributed by atoms with Gasteiger partial charge in [0.15, 0.2) is 0 Å². The Morgan fingerprint density at radius 1 is 0.796 bits per heavy atom. The summed E-state index contributed by atoms with van der Waals surface area (Å²) in [6, 6.07) is 40.9. The van der Waals surface area contributed by atoms with Crippen LogP contribution in [0.3, 0.4) is 0 Å². The number of rotatable bonds is 4. The molecule has 49 heavy (non-hydrogen) atoms. The zero-order valence-electron chi connectivity index (χ0n) is 30.0. The van der Waals surface area contributed by atoms with Crippen molar-refractivity contribution in [3.8, 4) is 22.5 Å². The molecule has 0 fully saturated rings. The number of aromatic nitrogens is 2. The summed E-state index contributed by atoms with van der Waals surface area (Å²) in [4.78, 5) is 9.30. The quantitative estimate of drug-likeness (QED) is 0.130. The Bertz CT molecular complexity index is 2490. The van der Waals surface area contributed by atoms with Gasteiger partial charge in [-0.15, -0.1) is 17.5 Å². The zero-order valence-corrected chi connectivity index (χ0v) is 34.3. The topological polar surface area (TPSA) is 25.8 Å². The van der Waals surface area contributed by atoms with Gasteiger partial charge in [0.05, 0.1) is 0 Å². The second-order valence-electron chi connectivity index (χ2n) is 13.9. The van der Waals surface area contributed by atoms with Crippen molar-refractivity contribution in [1.29, 1.82) is 0 Å². The molecule has 0 saturated carbocycles. The number of thiophene rings is 1. The number of aryl methyl sites for hydroxylation is 2. The molecule has 3 aromatic heterocycles. The Balaban J connectivity index is 0.000000204. The van der Waals surface area contributed by atoms with Crippen LogP contribution in [-0.4, -0.2) is 23.2 Å². The first-order chi connectivity index (χ1) is 23.4. The molecule has 0 amide bonds. The summed E-state index contributed by atoms with van der Waals surface area (Å²) in [6.07, 6.45) is 3.89. The fraction of sp³-hybridized carbons (Fsp3) is 0.182. The van der Waals surface area contributed by atoms with Gasteiger partial charge in [-0.3, -0.25) is 4.98 Å². The van der Waals surface area contributed by atoms with Crippen LogP contribution >= 0.6 is 11.3 Å². The Kier molecular flexibility index (Phi) is 9.86. The third kappa shape index (κ3) is 7.16. The summed E-state index contributed by atoms with van der Waals surface area (Å²) in [5.74, 6) is 6.53. The van der Waals surface area contributed by atoms with Crippen molar-refractivity contribution in [2.24, 2.45) is 0 Å². The van der Waals surface area contributed by atoms with Gasteiger partial charge < -0.3 is 0 Å². The molecule has 0 spiro atoms. The second-order valence-corrected chi connectivity index (χ2v) is 25.5. The number of hydrogen-bond acceptors (Lipinski definition) is 3. The van der Waals surface area contributed by atoms with Crippen molar-refractivity contribution < 1.29 is 21.5 Å². The van der Waals surface area contributed by atoms with Gasteiger partial charge in [0.2, 0.25) is 0 Å². The molecule has 5 aromatic carbocycles. The average molecular weight is 895 g/mol. The van der Waals surface area contributed by atoms with Crippen molar-refractivity contribution in [3.05, 3.63) is 138 Å². The first kappa shape index (κ1) is 33.8. The minimum atomic E-state index is -1.77. The van der Waals surface area contributed by atoms with Crippen LogP contribution in [0.1, 0.15) is 37.8 Å². The third-order valence-electron chi connectivity index (χ3n) is 8.98. The largest absolute Gasteiger partial charge is 0.295 e. The molecule has 0 unspecified atom stereocenters. The van der Waals surface area contributed by atoms with Crippen LogP contribution in [0.15, 0.2) is 109 Å². The van der Waals surface area contributed by atoms with E-state index in [-0.39, 0.29) is 20.1 Å². The van der Waals surface area contributed by atoms with E-state index in [4.69, 9.17) is 6.35 Å². The summed E-state index contributed by atoms with van der Waals surface area (Å²) in [5.41, 5.74) is 7.61. The van der Waals surface area contributed by atoms with E-state index in [2.05, 4.69) is 127 Å². The molecule has 0 N–H and O–H groups in total. The maximum atomic E-state index is 8.48. The van der Waals surface area contributed by atoms with E-state index in [1.807, 2.05) is 55.6 Å². The van der Waals surface area contributed by atoms with Gasteiger partial charge in [0.25, 0.3) is 0 Å². The number of benzene rings is 5. The van der Waals surface area contributed by atoms with E-state index in [0.717, 1.165) is 33.5 Å². The van der Waals surface area contributed by atoms with Crippen molar-refractivity contribution >= 4 is 70.7 Å². The van der Waals surface area contributed by atoms with E-state index < -0.39 is 19.2 Å². The van der Waals surface area contributed by atoms with Gasteiger partial charge in [0, 0.05) is 38.1 Å². The van der Waals surface area contributed by atoms with Crippen LogP contribution in [0, 0.1) is 26.0 Å². The van der Waals surface area contributed by atoms with E-state index in [1.54, 1.807) is 0 Å². The summed E-state index contributed by atoms with van der Waals surface area (Å²) in [7, 11) is 0. The Morgan fingerprint density at radius 3 is 2.33 bits per heavy atom. The zero-order chi connectivity index (χ0) is 34.5. The van der Waals surface area contributed by atoms with Crippen LogP contribution in [-0.2, 0) is 20.1 Å². The minimum Gasteiger partial charge on any atom is -0.295 e. The van der Waals surface area contributed by atoms with Crippen molar-refractivity contribution in [1.82, 2.24) is 9.97 Å². The van der Waals surface area contributed by atoms with Crippen LogP contribution in [0.2, 0.25) is 17.3 Å². The summed E-state index contributed by atoms with van der Waals surface area (Å²) < 4.78 is 12.5. The van der Waals surface area contributed by atoms with E-state index in [1.165, 1.54) is 51.9 Å². The van der Waals surface area contributed by atoms with E-state index in [0.29, 0.717) is 0 Å². The molecule has 8 rings (SSSR count). The minimum absolute atomic E-state index is 0. The van der Waals surface area contributed by atoms with Gasteiger partial charge in [-0.05, 0) is 57.4 Å². The maximum absolute atomic E-state index is 8.48. The number of pyridine rings is 2. The molecule has 8 aromatic rings. The van der Waals surface area contributed by atoms with Crippen molar-refractivity contribution in [2.45, 2.75) is 50.9 Å². The summed E-state index contributed by atoms with van der Waals surface area (Å²) >= 11 is 0.0413. The number of fused-ring (bicyclic) bond motifs is 6. The second kappa shape index (κ2) is 14.3. The van der Waals surface area contributed by atoms with Crippen LogP contribution in [0.25, 0.3) is 64.2 Å². The van der Waals surface area contributed by atoms with Crippen LogP contribution < -0.4 is 4.40 Å². The van der Waals surface area contributed by atoms with Crippen LogP contribution in [0.5, 0.6) is 0 Å². The summed E-state index contributed by atoms with van der Waals surface area (Å²) in [5, 5.41) is 7.41. The molecule has 0 atom stereocenters. The molecule has 0 saturated heterocycles. The Hall–Kier alpha value is -3.67. The smallest absolute Gasteiger partial charge is 0.0346 e. The van der Waals surface area contributed by atoms with Gasteiger partial charge in [-0.1, -0.05) is 78.2 Å². The van der Waals surface area contributed by atoms with Crippen molar-refractivity contribution in [2.75, 3.05) is 0 Å². The third-order valence-corrected chi connectivity index (χ3v) is 14.6. The molecular weight excluding hydrogens is 853 g/mol. The predicted octanol–water partition coefficient (Wildman–Crippen LogP) is 12.1. The number of nitrogens with zero attached hydrogens (tertiary/aromatic N) is 2. The first-order valence-electron chi connectivity index (χ1n) is 17.0. The van der Waals surface area contributed by atoms with Crippen LogP contribution in [0.4, 0.5) is 0 Å². The Labute approximate surface area is 311 Å². The molecule has 247 valence electrons. The molecule has 0 aliphatic carbocycles. The van der Waals surface area contributed by atoms with Gasteiger partial charge in [0.1, 0.15) is 0 Å². The monoisotopic (exact) mass is 896 g/mol. The van der Waals surface area contributed by atoms with Gasteiger partial charge in [-0.2, -0.15) is 11.3 Å².